The van der Waals surface area contributed by atoms with Crippen LogP contribution in [0.3, 0.4) is 0 Å². The molecule has 0 spiro atoms. The summed E-state index contributed by atoms with van der Waals surface area (Å²) in [6.45, 7) is 2.56. The fourth-order valence-electron chi connectivity index (χ4n) is 1.82. The first-order valence-electron chi connectivity index (χ1n) is 6.94. The molecule has 0 aliphatic carbocycles. The van der Waals surface area contributed by atoms with Gasteiger partial charge in [-0.25, -0.2) is 9.97 Å². The van der Waals surface area contributed by atoms with Crippen LogP contribution in [0.5, 0.6) is 0 Å². The van der Waals surface area contributed by atoms with Crippen molar-refractivity contribution in [3.05, 3.63) is 36.4 Å². The maximum atomic E-state index is 11.4. The predicted molar refractivity (Wildman–Crippen MR) is 89.1 cm³/mol. The number of benzene rings is 1. The zero-order valence-corrected chi connectivity index (χ0v) is 13.1. The Kier molecular flexibility index (Phi) is 5.68. The number of hydrogen-bond acceptors (Lipinski definition) is 5. The molecule has 0 amide bonds. The molecule has 0 saturated heterocycles. The lowest BCUT2D eigenvalue weighted by molar-refractivity contribution is 0.684. The summed E-state index contributed by atoms with van der Waals surface area (Å²) in [6.07, 6.45) is 0. The van der Waals surface area contributed by atoms with Crippen LogP contribution in [0.4, 0.5) is 11.6 Å². The summed E-state index contributed by atoms with van der Waals surface area (Å²) in [6, 6.07) is 11.7. The standard InChI is InChI=1S/C15H20N4OS/c1-3-21(20)10-9-17-14-11-13(16-2)18-15(19-14)12-7-5-4-6-8-12/h4-8,11H,3,9-10H2,1-2H3,(H2,16,17,18,19). The quantitative estimate of drug-likeness (QED) is 0.822. The van der Waals surface area contributed by atoms with Crippen molar-refractivity contribution in [3.8, 4) is 11.4 Å². The van der Waals surface area contributed by atoms with E-state index in [1.807, 2.05) is 50.4 Å². The molecule has 1 atom stereocenters. The maximum absolute atomic E-state index is 11.4. The smallest absolute Gasteiger partial charge is 0.163 e. The number of nitrogens with zero attached hydrogens (tertiary/aromatic N) is 2. The van der Waals surface area contributed by atoms with Gasteiger partial charge in [0.15, 0.2) is 5.82 Å². The lowest BCUT2D eigenvalue weighted by atomic mass is 10.2. The molecule has 1 aromatic heterocycles. The van der Waals surface area contributed by atoms with E-state index in [1.165, 1.54) is 0 Å². The number of anilines is 2. The summed E-state index contributed by atoms with van der Waals surface area (Å²) in [5, 5.41) is 6.25. The number of nitrogens with one attached hydrogen (secondary N) is 2. The highest BCUT2D eigenvalue weighted by Gasteiger charge is 2.06. The Morgan fingerprint density at radius 2 is 1.86 bits per heavy atom. The van der Waals surface area contributed by atoms with E-state index in [9.17, 15) is 4.21 Å². The number of aromatic nitrogens is 2. The summed E-state index contributed by atoms with van der Waals surface area (Å²) in [7, 11) is 1.06. The van der Waals surface area contributed by atoms with Crippen molar-refractivity contribution < 1.29 is 4.21 Å². The van der Waals surface area contributed by atoms with Crippen LogP contribution in [0.1, 0.15) is 6.92 Å². The Morgan fingerprint density at radius 1 is 1.14 bits per heavy atom. The average molecular weight is 304 g/mol. The fraction of sp³-hybridized carbons (Fsp3) is 0.333. The highest BCUT2D eigenvalue weighted by Crippen LogP contribution is 2.19. The second-order valence-corrected chi connectivity index (χ2v) is 6.30. The van der Waals surface area contributed by atoms with Gasteiger partial charge in [0.25, 0.3) is 0 Å². The molecule has 2 rings (SSSR count). The van der Waals surface area contributed by atoms with E-state index in [2.05, 4.69) is 20.6 Å². The molecule has 0 aliphatic heterocycles. The van der Waals surface area contributed by atoms with Crippen molar-refractivity contribution in [2.24, 2.45) is 0 Å². The molecule has 1 heterocycles. The van der Waals surface area contributed by atoms with E-state index in [-0.39, 0.29) is 0 Å². The van der Waals surface area contributed by atoms with E-state index < -0.39 is 10.8 Å². The molecular weight excluding hydrogens is 284 g/mol. The third-order valence-corrected chi connectivity index (χ3v) is 4.28. The zero-order chi connectivity index (χ0) is 15.1. The fourth-order valence-corrected chi connectivity index (χ4v) is 2.44. The van der Waals surface area contributed by atoms with Gasteiger partial charge in [-0.1, -0.05) is 37.3 Å². The molecule has 1 unspecified atom stereocenters. The highest BCUT2D eigenvalue weighted by atomic mass is 32.2. The van der Waals surface area contributed by atoms with E-state index in [0.717, 1.165) is 17.2 Å². The van der Waals surface area contributed by atoms with Gasteiger partial charge in [-0.05, 0) is 0 Å². The van der Waals surface area contributed by atoms with Crippen LogP contribution < -0.4 is 10.6 Å². The van der Waals surface area contributed by atoms with Gasteiger partial charge in [0.2, 0.25) is 0 Å². The van der Waals surface area contributed by atoms with Crippen molar-refractivity contribution >= 4 is 22.4 Å². The molecule has 6 heteroatoms. The molecule has 2 N–H and O–H groups in total. The van der Waals surface area contributed by atoms with Gasteiger partial charge in [0.1, 0.15) is 11.6 Å². The Bertz CT molecular complexity index is 604. The lowest BCUT2D eigenvalue weighted by Crippen LogP contribution is -2.13. The van der Waals surface area contributed by atoms with Crippen molar-refractivity contribution in [1.82, 2.24) is 9.97 Å². The molecule has 21 heavy (non-hydrogen) atoms. The zero-order valence-electron chi connectivity index (χ0n) is 12.3. The van der Waals surface area contributed by atoms with E-state index in [0.29, 0.717) is 23.9 Å². The minimum absolute atomic E-state index is 0.621. The van der Waals surface area contributed by atoms with E-state index in [1.54, 1.807) is 0 Å². The van der Waals surface area contributed by atoms with Gasteiger partial charge >= 0.3 is 0 Å². The molecule has 0 bridgehead atoms. The molecule has 5 nitrogen and oxygen atoms in total. The summed E-state index contributed by atoms with van der Waals surface area (Å²) in [5.74, 6) is 3.46. The first kappa shape index (κ1) is 15.4. The molecule has 0 radical (unpaired) electrons. The Hall–Kier alpha value is -1.95. The van der Waals surface area contributed by atoms with Gasteiger partial charge in [-0.15, -0.1) is 0 Å². The lowest BCUT2D eigenvalue weighted by Gasteiger charge is -2.09. The second kappa shape index (κ2) is 7.73. The normalized spacial score (nSPS) is 11.9. The largest absolute Gasteiger partial charge is 0.373 e. The number of hydrogen-bond donors (Lipinski definition) is 2. The van der Waals surface area contributed by atoms with Crippen LogP contribution in [0.2, 0.25) is 0 Å². The average Bonchev–Trinajstić information content (AvgIpc) is 2.55. The summed E-state index contributed by atoms with van der Waals surface area (Å²) < 4.78 is 11.4. The van der Waals surface area contributed by atoms with Crippen molar-refractivity contribution in [2.75, 3.05) is 35.7 Å². The Balaban J connectivity index is 2.16. The first-order chi connectivity index (χ1) is 10.2. The molecule has 1 aromatic carbocycles. The molecule has 112 valence electrons. The van der Waals surface area contributed by atoms with Gasteiger partial charge in [-0.3, -0.25) is 4.21 Å². The minimum Gasteiger partial charge on any atom is -0.373 e. The van der Waals surface area contributed by atoms with Gasteiger partial charge < -0.3 is 10.6 Å². The van der Waals surface area contributed by atoms with Crippen LogP contribution >= 0.6 is 0 Å². The van der Waals surface area contributed by atoms with Crippen molar-refractivity contribution in [1.29, 1.82) is 0 Å². The Labute approximate surface area is 127 Å². The first-order valence-corrected chi connectivity index (χ1v) is 8.43. The molecular formula is C15H20N4OS. The topological polar surface area (TPSA) is 66.9 Å². The van der Waals surface area contributed by atoms with Gasteiger partial charge in [-0.2, -0.15) is 0 Å². The summed E-state index contributed by atoms with van der Waals surface area (Å²) >= 11 is 0. The molecule has 0 saturated carbocycles. The second-order valence-electron chi connectivity index (χ2n) is 4.44. The number of rotatable bonds is 7. The van der Waals surface area contributed by atoms with Crippen LogP contribution in [-0.4, -0.2) is 39.3 Å². The van der Waals surface area contributed by atoms with Crippen molar-refractivity contribution in [2.45, 2.75) is 6.92 Å². The highest BCUT2D eigenvalue weighted by molar-refractivity contribution is 7.84. The third-order valence-electron chi connectivity index (χ3n) is 2.97. The maximum Gasteiger partial charge on any atom is 0.163 e. The van der Waals surface area contributed by atoms with Crippen LogP contribution in [0.15, 0.2) is 36.4 Å². The predicted octanol–water partition coefficient (Wildman–Crippen LogP) is 2.37. The summed E-state index contributed by atoms with van der Waals surface area (Å²) in [5.41, 5.74) is 0.967. The van der Waals surface area contributed by atoms with Crippen LogP contribution in [-0.2, 0) is 10.8 Å². The molecule has 0 aliphatic rings. The van der Waals surface area contributed by atoms with Crippen molar-refractivity contribution in [3.63, 3.8) is 0 Å². The third kappa shape index (κ3) is 4.53. The SMILES string of the molecule is CCS(=O)CCNc1cc(NC)nc(-c2ccccc2)n1. The Morgan fingerprint density at radius 3 is 2.52 bits per heavy atom. The molecule has 0 fully saturated rings. The van der Waals surface area contributed by atoms with E-state index >= 15 is 0 Å². The van der Waals surface area contributed by atoms with Gasteiger partial charge in [0, 0.05) is 47.5 Å². The van der Waals surface area contributed by atoms with Crippen LogP contribution in [0, 0.1) is 0 Å². The minimum atomic E-state index is -0.771. The van der Waals surface area contributed by atoms with Gasteiger partial charge in [0.05, 0.1) is 0 Å². The summed E-state index contributed by atoms with van der Waals surface area (Å²) in [4.78, 5) is 8.97. The molecule has 2 aromatic rings. The van der Waals surface area contributed by atoms with Crippen LogP contribution in [0.25, 0.3) is 11.4 Å². The van der Waals surface area contributed by atoms with E-state index in [4.69, 9.17) is 0 Å². The monoisotopic (exact) mass is 304 g/mol.